The predicted octanol–water partition coefficient (Wildman–Crippen LogP) is 2.77. The van der Waals surface area contributed by atoms with Crippen LogP contribution >= 0.6 is 0 Å². The minimum atomic E-state index is -0.815. The van der Waals surface area contributed by atoms with Crippen LogP contribution in [0.5, 0.6) is 0 Å². The molecule has 0 bridgehead atoms. The number of hydrogen-bond donors (Lipinski definition) is 1. The molecular weight excluding hydrogens is 254 g/mol. The average molecular weight is 275 g/mol. The Hall–Kier alpha value is -1.84. The number of likely N-dealkylation sites (tertiary alicyclic amines) is 1. The number of rotatable bonds is 3. The molecule has 1 heterocycles. The number of carbonyl (C=O) groups is 2. The maximum Gasteiger partial charge on any atom is 0.308 e. The van der Waals surface area contributed by atoms with E-state index in [1.165, 1.54) is 0 Å². The molecule has 1 amide bonds. The van der Waals surface area contributed by atoms with Crippen LogP contribution in [0.1, 0.15) is 43.4 Å². The van der Waals surface area contributed by atoms with Gasteiger partial charge in [0.15, 0.2) is 0 Å². The third-order valence-electron chi connectivity index (χ3n) is 3.98. The first-order valence-electron chi connectivity index (χ1n) is 7.13. The van der Waals surface area contributed by atoms with E-state index in [0.717, 1.165) is 11.1 Å². The largest absolute Gasteiger partial charge is 0.481 e. The van der Waals surface area contributed by atoms with E-state index in [0.29, 0.717) is 25.8 Å². The van der Waals surface area contributed by atoms with Gasteiger partial charge in [-0.25, -0.2) is 0 Å². The Kier molecular flexibility index (Phi) is 4.42. The van der Waals surface area contributed by atoms with Crippen molar-refractivity contribution in [1.29, 1.82) is 0 Å². The van der Waals surface area contributed by atoms with Crippen LogP contribution in [0.4, 0.5) is 0 Å². The molecule has 0 radical (unpaired) electrons. The third-order valence-corrected chi connectivity index (χ3v) is 3.98. The van der Waals surface area contributed by atoms with Crippen molar-refractivity contribution in [2.45, 2.75) is 39.2 Å². The topological polar surface area (TPSA) is 57.6 Å². The Labute approximate surface area is 119 Å². The lowest BCUT2D eigenvalue weighted by molar-refractivity contribution is -0.146. The molecule has 0 aliphatic carbocycles. The number of benzene rings is 1. The minimum absolute atomic E-state index is 0.0581. The van der Waals surface area contributed by atoms with Crippen LogP contribution in [0.3, 0.4) is 0 Å². The minimum Gasteiger partial charge on any atom is -0.481 e. The lowest BCUT2D eigenvalue weighted by Gasteiger charge is -2.33. The predicted molar refractivity (Wildman–Crippen MR) is 76.3 cm³/mol. The van der Waals surface area contributed by atoms with Crippen LogP contribution in [0, 0.1) is 12.8 Å². The zero-order valence-corrected chi connectivity index (χ0v) is 12.0. The van der Waals surface area contributed by atoms with E-state index in [2.05, 4.69) is 0 Å². The molecule has 1 aliphatic rings. The van der Waals surface area contributed by atoms with Gasteiger partial charge in [0.05, 0.1) is 12.0 Å². The fourth-order valence-electron chi connectivity index (χ4n) is 3.04. The number of hydrogen-bond acceptors (Lipinski definition) is 2. The van der Waals surface area contributed by atoms with Gasteiger partial charge in [-0.1, -0.05) is 29.8 Å². The van der Waals surface area contributed by atoms with Crippen molar-refractivity contribution in [2.75, 3.05) is 6.54 Å². The second-order valence-electron chi connectivity index (χ2n) is 5.38. The van der Waals surface area contributed by atoms with Gasteiger partial charge in [0.1, 0.15) is 0 Å². The van der Waals surface area contributed by atoms with E-state index in [1.54, 1.807) is 4.90 Å². The molecule has 1 aromatic rings. The van der Waals surface area contributed by atoms with Gasteiger partial charge in [0.25, 0.3) is 0 Å². The van der Waals surface area contributed by atoms with E-state index in [1.807, 2.05) is 38.1 Å². The van der Waals surface area contributed by atoms with Gasteiger partial charge in [-0.15, -0.1) is 0 Å². The number of carboxylic acids is 1. The van der Waals surface area contributed by atoms with Gasteiger partial charge in [-0.3, -0.25) is 9.59 Å². The fourth-order valence-corrected chi connectivity index (χ4v) is 3.04. The van der Waals surface area contributed by atoms with Crippen LogP contribution in [0.25, 0.3) is 0 Å². The van der Waals surface area contributed by atoms with E-state index < -0.39 is 11.9 Å². The molecule has 0 spiro atoms. The van der Waals surface area contributed by atoms with Gasteiger partial charge in [-0.2, -0.15) is 0 Å². The van der Waals surface area contributed by atoms with Crippen LogP contribution in [-0.4, -0.2) is 28.4 Å². The summed E-state index contributed by atoms with van der Waals surface area (Å²) in [6.45, 7) is 4.43. The maximum atomic E-state index is 12.2. The molecule has 4 heteroatoms. The molecular formula is C16H21NO3. The third kappa shape index (κ3) is 2.84. The molecule has 2 rings (SSSR count). The van der Waals surface area contributed by atoms with Crippen molar-refractivity contribution in [3.8, 4) is 0 Å². The highest BCUT2D eigenvalue weighted by Crippen LogP contribution is 2.36. The summed E-state index contributed by atoms with van der Waals surface area (Å²) in [5.41, 5.74) is 2.01. The van der Waals surface area contributed by atoms with Crippen molar-refractivity contribution in [3.05, 3.63) is 35.4 Å². The molecule has 2 atom stereocenters. The molecule has 1 aliphatic heterocycles. The average Bonchev–Trinajstić information content (AvgIpc) is 2.57. The lowest BCUT2D eigenvalue weighted by atomic mass is 9.88. The Morgan fingerprint density at radius 3 is 2.80 bits per heavy atom. The summed E-state index contributed by atoms with van der Waals surface area (Å²) >= 11 is 0. The lowest BCUT2D eigenvalue weighted by Crippen LogP contribution is -2.38. The number of aliphatic carboxylic acids is 1. The summed E-state index contributed by atoms with van der Waals surface area (Å²) < 4.78 is 0. The number of aryl methyl sites for hydroxylation is 1. The van der Waals surface area contributed by atoms with Crippen molar-refractivity contribution < 1.29 is 14.7 Å². The van der Waals surface area contributed by atoms with E-state index in [4.69, 9.17) is 0 Å². The molecule has 1 fully saturated rings. The van der Waals surface area contributed by atoms with Gasteiger partial charge in [0.2, 0.25) is 5.91 Å². The molecule has 4 nitrogen and oxygen atoms in total. The van der Waals surface area contributed by atoms with Gasteiger partial charge in [-0.05, 0) is 32.3 Å². The van der Waals surface area contributed by atoms with E-state index in [-0.39, 0.29) is 11.9 Å². The van der Waals surface area contributed by atoms with E-state index in [9.17, 15) is 14.7 Å². The normalized spacial score (nSPS) is 23.5. The van der Waals surface area contributed by atoms with Crippen LogP contribution in [-0.2, 0) is 9.59 Å². The Morgan fingerprint density at radius 2 is 2.20 bits per heavy atom. The summed E-state index contributed by atoms with van der Waals surface area (Å²) in [6.07, 6.45) is 1.64. The first kappa shape index (κ1) is 14.6. The second kappa shape index (κ2) is 6.07. The van der Waals surface area contributed by atoms with Crippen LogP contribution in [0.15, 0.2) is 24.3 Å². The zero-order valence-electron chi connectivity index (χ0n) is 12.0. The number of carboxylic acid groups (broad SMARTS) is 1. The Balaban J connectivity index is 2.48. The molecule has 1 aromatic carbocycles. The highest BCUT2D eigenvalue weighted by atomic mass is 16.4. The SMILES string of the molecule is CCN1C(=O)CCCC(C(=O)O)C1c1cccc(C)c1. The maximum absolute atomic E-state index is 12.2. The first-order chi connectivity index (χ1) is 9.54. The van der Waals surface area contributed by atoms with E-state index >= 15 is 0 Å². The van der Waals surface area contributed by atoms with Gasteiger partial charge < -0.3 is 10.0 Å². The molecule has 1 saturated heterocycles. The zero-order chi connectivity index (χ0) is 14.7. The molecule has 1 N–H and O–H groups in total. The summed E-state index contributed by atoms with van der Waals surface area (Å²) in [5, 5.41) is 9.53. The monoisotopic (exact) mass is 275 g/mol. The molecule has 108 valence electrons. The molecule has 2 unspecified atom stereocenters. The van der Waals surface area contributed by atoms with Crippen LogP contribution in [0.2, 0.25) is 0 Å². The summed E-state index contributed by atoms with van der Waals surface area (Å²) in [6, 6.07) is 7.46. The standard InChI is InChI=1S/C16H21NO3/c1-3-17-14(18)9-5-8-13(16(19)20)15(17)12-7-4-6-11(2)10-12/h4,6-7,10,13,15H,3,5,8-9H2,1-2H3,(H,19,20). The molecule has 0 saturated carbocycles. The summed E-state index contributed by atoms with van der Waals surface area (Å²) in [4.78, 5) is 25.5. The van der Waals surface area contributed by atoms with Crippen LogP contribution < -0.4 is 0 Å². The Morgan fingerprint density at radius 1 is 1.45 bits per heavy atom. The quantitative estimate of drug-likeness (QED) is 0.922. The molecule has 0 aromatic heterocycles. The smallest absolute Gasteiger partial charge is 0.308 e. The van der Waals surface area contributed by atoms with Crippen molar-refractivity contribution >= 4 is 11.9 Å². The first-order valence-corrected chi connectivity index (χ1v) is 7.13. The van der Waals surface area contributed by atoms with Gasteiger partial charge >= 0.3 is 5.97 Å². The second-order valence-corrected chi connectivity index (χ2v) is 5.38. The highest BCUT2D eigenvalue weighted by Gasteiger charge is 2.37. The summed E-state index contributed by atoms with van der Waals surface area (Å²) in [5.74, 6) is -1.28. The number of nitrogens with zero attached hydrogens (tertiary/aromatic N) is 1. The fraction of sp³-hybridized carbons (Fsp3) is 0.500. The number of carbonyl (C=O) groups excluding carboxylic acids is 1. The van der Waals surface area contributed by atoms with Crippen molar-refractivity contribution in [3.63, 3.8) is 0 Å². The van der Waals surface area contributed by atoms with Crippen molar-refractivity contribution in [1.82, 2.24) is 4.90 Å². The van der Waals surface area contributed by atoms with Gasteiger partial charge in [0, 0.05) is 13.0 Å². The Bertz CT molecular complexity index is 510. The summed E-state index contributed by atoms with van der Waals surface area (Å²) in [7, 11) is 0. The highest BCUT2D eigenvalue weighted by molar-refractivity contribution is 5.79. The number of amides is 1. The van der Waals surface area contributed by atoms with Crippen molar-refractivity contribution in [2.24, 2.45) is 5.92 Å². The molecule has 20 heavy (non-hydrogen) atoms.